The van der Waals surface area contributed by atoms with Crippen LogP contribution < -0.4 is 16.0 Å². The fourth-order valence-electron chi connectivity index (χ4n) is 6.18. The summed E-state index contributed by atoms with van der Waals surface area (Å²) in [5.74, 6) is -1.91. The second kappa shape index (κ2) is 16.9. The number of ether oxygens (including phenoxy) is 3. The van der Waals surface area contributed by atoms with Gasteiger partial charge in [0.05, 0.1) is 37.7 Å². The van der Waals surface area contributed by atoms with Crippen molar-refractivity contribution < 1.29 is 38.2 Å². The lowest BCUT2D eigenvalue weighted by Gasteiger charge is -2.29. The van der Waals surface area contributed by atoms with Crippen LogP contribution in [0.1, 0.15) is 64.6 Å². The third-order valence-corrected chi connectivity index (χ3v) is 8.88. The van der Waals surface area contributed by atoms with Gasteiger partial charge in [-0.3, -0.25) is 14.4 Å². The van der Waals surface area contributed by atoms with Crippen LogP contribution in [-0.4, -0.2) is 87.7 Å². The average molecular weight is 741 g/mol. The maximum Gasteiger partial charge on any atom is 0.408 e. The molecule has 1 fully saturated rings. The van der Waals surface area contributed by atoms with Crippen LogP contribution in [0.2, 0.25) is 0 Å². The van der Waals surface area contributed by atoms with Gasteiger partial charge < -0.3 is 39.6 Å². The normalized spacial score (nSPS) is 15.6. The number of carbonyl (C=O) groups excluding carboxylic acids is 5. The van der Waals surface area contributed by atoms with Crippen LogP contribution in [-0.2, 0) is 40.0 Å². The van der Waals surface area contributed by atoms with Gasteiger partial charge in [0.15, 0.2) is 0 Å². The molecule has 0 spiro atoms. The van der Waals surface area contributed by atoms with Crippen molar-refractivity contribution in [1.29, 1.82) is 0 Å². The molecule has 14 nitrogen and oxygen atoms in total. The van der Waals surface area contributed by atoms with E-state index >= 15 is 0 Å². The third kappa shape index (κ3) is 9.81. The predicted molar refractivity (Wildman–Crippen MR) is 201 cm³/mol. The SMILES string of the molecule is COC(=O)[C@@H]1CCCN1C(=O)C(c1ccccc1)n1cnc2cc(NC(=O)[C@@H](COCc3ccccc3)NC(=O)C(C)(C)NC(=O)OC(C)(C)C)ccc21. The van der Waals surface area contributed by atoms with E-state index in [0.29, 0.717) is 41.7 Å². The minimum Gasteiger partial charge on any atom is -0.467 e. The Hall–Kier alpha value is -5.76. The van der Waals surface area contributed by atoms with Gasteiger partial charge in [0.1, 0.15) is 29.3 Å². The molecule has 14 heteroatoms. The summed E-state index contributed by atoms with van der Waals surface area (Å²) in [4.78, 5) is 72.6. The van der Waals surface area contributed by atoms with Gasteiger partial charge in [-0.1, -0.05) is 60.7 Å². The minimum absolute atomic E-state index is 0.171. The topological polar surface area (TPSA) is 170 Å². The Balaban J connectivity index is 1.37. The molecule has 0 radical (unpaired) electrons. The molecule has 1 aromatic heterocycles. The van der Waals surface area contributed by atoms with Gasteiger partial charge >= 0.3 is 12.1 Å². The average Bonchev–Trinajstić information content (AvgIpc) is 3.78. The molecular weight excluding hydrogens is 692 g/mol. The predicted octanol–water partition coefficient (Wildman–Crippen LogP) is 4.73. The Morgan fingerprint density at radius 1 is 0.926 bits per heavy atom. The highest BCUT2D eigenvalue weighted by atomic mass is 16.6. The number of amides is 4. The number of hydrogen-bond donors (Lipinski definition) is 3. The number of aromatic nitrogens is 2. The van der Waals surface area contributed by atoms with Crippen LogP contribution in [0.25, 0.3) is 11.0 Å². The van der Waals surface area contributed by atoms with E-state index in [0.717, 1.165) is 5.56 Å². The number of esters is 1. The van der Waals surface area contributed by atoms with Crippen molar-refractivity contribution in [3.05, 3.63) is 96.3 Å². The first-order valence-corrected chi connectivity index (χ1v) is 17.8. The molecule has 5 rings (SSSR count). The van der Waals surface area contributed by atoms with Gasteiger partial charge in [-0.25, -0.2) is 14.6 Å². The minimum atomic E-state index is -1.44. The van der Waals surface area contributed by atoms with Crippen molar-refractivity contribution in [3.8, 4) is 0 Å². The first-order chi connectivity index (χ1) is 25.7. The van der Waals surface area contributed by atoms with Crippen LogP contribution in [0.3, 0.4) is 0 Å². The molecule has 54 heavy (non-hydrogen) atoms. The summed E-state index contributed by atoms with van der Waals surface area (Å²) >= 11 is 0. The number of methoxy groups -OCH3 is 1. The number of rotatable bonds is 13. The summed E-state index contributed by atoms with van der Waals surface area (Å²) in [6, 6.07) is 21.1. The van der Waals surface area contributed by atoms with Crippen LogP contribution in [0.5, 0.6) is 0 Å². The molecule has 2 heterocycles. The molecule has 0 aliphatic carbocycles. The van der Waals surface area contributed by atoms with E-state index in [1.807, 2.05) is 60.7 Å². The summed E-state index contributed by atoms with van der Waals surface area (Å²) < 4.78 is 17.9. The summed E-state index contributed by atoms with van der Waals surface area (Å²) in [5, 5.41) is 8.13. The lowest BCUT2D eigenvalue weighted by molar-refractivity contribution is -0.151. The van der Waals surface area contributed by atoms with Gasteiger partial charge in [-0.15, -0.1) is 0 Å². The van der Waals surface area contributed by atoms with Gasteiger partial charge in [-0.05, 0) is 76.8 Å². The molecule has 3 N–H and O–H groups in total. The quantitative estimate of drug-likeness (QED) is 0.164. The molecule has 1 saturated heterocycles. The van der Waals surface area contributed by atoms with E-state index in [4.69, 9.17) is 14.2 Å². The van der Waals surface area contributed by atoms with Gasteiger partial charge in [0, 0.05) is 12.2 Å². The first kappa shape index (κ1) is 39.4. The number of carbonyl (C=O) groups is 5. The molecule has 0 saturated carbocycles. The van der Waals surface area contributed by atoms with Gasteiger partial charge in [-0.2, -0.15) is 0 Å². The molecular formula is C40H48N6O8. The Bertz CT molecular complexity index is 1960. The third-order valence-electron chi connectivity index (χ3n) is 8.88. The van der Waals surface area contributed by atoms with E-state index in [2.05, 4.69) is 20.9 Å². The van der Waals surface area contributed by atoms with Crippen LogP contribution in [0.15, 0.2) is 85.2 Å². The monoisotopic (exact) mass is 740 g/mol. The lowest BCUT2D eigenvalue weighted by Crippen LogP contribution is -2.59. The first-order valence-electron chi connectivity index (χ1n) is 17.8. The van der Waals surface area contributed by atoms with E-state index < -0.39 is 53.1 Å². The molecule has 1 aliphatic rings. The largest absolute Gasteiger partial charge is 0.467 e. The zero-order valence-electron chi connectivity index (χ0n) is 31.5. The Morgan fingerprint density at radius 2 is 1.61 bits per heavy atom. The van der Waals surface area contributed by atoms with Crippen molar-refractivity contribution in [2.75, 3.05) is 25.6 Å². The maximum atomic E-state index is 14.2. The number of alkyl carbamates (subject to hydrolysis) is 1. The molecule has 3 atom stereocenters. The fourth-order valence-corrected chi connectivity index (χ4v) is 6.18. The highest BCUT2D eigenvalue weighted by molar-refractivity contribution is 6.00. The van der Waals surface area contributed by atoms with E-state index in [1.54, 1.807) is 54.8 Å². The summed E-state index contributed by atoms with van der Waals surface area (Å²) in [5.41, 5.74) is 0.887. The summed E-state index contributed by atoms with van der Waals surface area (Å²) in [6.45, 7) is 8.59. The Morgan fingerprint density at radius 3 is 2.28 bits per heavy atom. The number of fused-ring (bicyclic) bond motifs is 1. The van der Waals surface area contributed by atoms with Crippen molar-refractivity contribution >= 4 is 46.5 Å². The zero-order valence-corrected chi connectivity index (χ0v) is 31.5. The molecule has 4 aromatic rings. The van der Waals surface area contributed by atoms with Crippen LogP contribution in [0.4, 0.5) is 10.5 Å². The number of likely N-dealkylation sites (tertiary alicyclic amines) is 1. The number of benzene rings is 3. The van der Waals surface area contributed by atoms with Gasteiger partial charge in [0.2, 0.25) is 11.8 Å². The van der Waals surface area contributed by atoms with E-state index in [-0.39, 0.29) is 19.1 Å². The van der Waals surface area contributed by atoms with Crippen LogP contribution >= 0.6 is 0 Å². The molecule has 1 unspecified atom stereocenters. The smallest absolute Gasteiger partial charge is 0.408 e. The second-order valence-electron chi connectivity index (χ2n) is 14.6. The number of hydrogen-bond acceptors (Lipinski definition) is 9. The lowest BCUT2D eigenvalue weighted by atomic mass is 10.0. The standard InChI is InChI=1S/C40H48N6O8/c1-39(2,3)54-38(51)44-40(4,5)37(50)43-30(24-53-23-26-14-9-7-10-15-26)34(47)42-28-19-20-31-29(22-28)41-25-46(31)33(27-16-11-8-12-17-27)35(48)45-21-13-18-32(45)36(49)52-6/h7-12,14-17,19-20,22,25,30,32-33H,13,18,21,23-24H2,1-6H3,(H,42,47)(H,43,50)(H,44,51)/t30-,32+,33?/m1/s1. The summed E-state index contributed by atoms with van der Waals surface area (Å²) in [6.07, 6.45) is 1.98. The van der Waals surface area contributed by atoms with Crippen molar-refractivity contribution in [2.24, 2.45) is 0 Å². The fraction of sp³-hybridized carbons (Fsp3) is 0.400. The molecule has 4 amide bonds. The summed E-state index contributed by atoms with van der Waals surface area (Å²) in [7, 11) is 1.32. The number of nitrogens with one attached hydrogen (secondary N) is 3. The number of imidazole rings is 1. The van der Waals surface area contributed by atoms with Gasteiger partial charge in [0.25, 0.3) is 5.91 Å². The maximum absolute atomic E-state index is 14.2. The molecule has 0 bridgehead atoms. The highest BCUT2D eigenvalue weighted by Gasteiger charge is 2.39. The molecule has 1 aliphatic heterocycles. The Labute approximate surface area is 314 Å². The number of anilines is 1. The number of nitrogens with zero attached hydrogens (tertiary/aromatic N) is 3. The molecule has 3 aromatic carbocycles. The second-order valence-corrected chi connectivity index (χ2v) is 14.6. The van der Waals surface area contributed by atoms with Crippen molar-refractivity contribution in [2.45, 2.75) is 83.3 Å². The molecule has 286 valence electrons. The van der Waals surface area contributed by atoms with E-state index in [1.165, 1.54) is 21.0 Å². The van der Waals surface area contributed by atoms with Crippen LogP contribution in [0, 0.1) is 0 Å². The zero-order chi connectivity index (χ0) is 39.0. The highest BCUT2D eigenvalue weighted by Crippen LogP contribution is 2.30. The van der Waals surface area contributed by atoms with Crippen molar-refractivity contribution in [1.82, 2.24) is 25.1 Å². The van der Waals surface area contributed by atoms with Crippen molar-refractivity contribution in [3.63, 3.8) is 0 Å². The van der Waals surface area contributed by atoms with E-state index in [9.17, 15) is 24.0 Å². The Kier molecular flexibility index (Phi) is 12.4.